The fourth-order valence-electron chi connectivity index (χ4n) is 5.41. The van der Waals surface area contributed by atoms with Gasteiger partial charge in [0.2, 0.25) is 11.8 Å². The van der Waals surface area contributed by atoms with Crippen LogP contribution >= 0.6 is 0 Å². The lowest BCUT2D eigenvalue weighted by Gasteiger charge is -2.33. The average molecular weight is 580 g/mol. The maximum absolute atomic E-state index is 14.0. The van der Waals surface area contributed by atoms with Gasteiger partial charge in [0.05, 0.1) is 36.6 Å². The summed E-state index contributed by atoms with van der Waals surface area (Å²) < 4.78 is 61.1. The Labute approximate surface area is 233 Å². The molecule has 2 amide bonds. The lowest BCUT2D eigenvalue weighted by molar-refractivity contribution is -0.128. The number of aromatic nitrogens is 5. The third-order valence-corrected chi connectivity index (χ3v) is 7.71. The van der Waals surface area contributed by atoms with Crippen molar-refractivity contribution >= 4 is 17.5 Å². The predicted octanol–water partition coefficient (Wildman–Crippen LogP) is 5.14. The number of rotatable bonds is 10. The zero-order chi connectivity index (χ0) is 29.5. The largest absolute Gasteiger partial charge is 0.349 e. The summed E-state index contributed by atoms with van der Waals surface area (Å²) in [5, 5.41) is 17.6. The van der Waals surface area contributed by atoms with Gasteiger partial charge in [0.1, 0.15) is 5.69 Å². The van der Waals surface area contributed by atoms with Gasteiger partial charge in [-0.3, -0.25) is 9.59 Å². The molecular weight excluding hydrogens is 546 g/mol. The molecule has 0 aromatic carbocycles. The van der Waals surface area contributed by atoms with Crippen LogP contribution in [-0.4, -0.2) is 48.6 Å². The third-order valence-electron chi connectivity index (χ3n) is 7.71. The van der Waals surface area contributed by atoms with Gasteiger partial charge in [0.25, 0.3) is 11.8 Å². The second-order valence-electron chi connectivity index (χ2n) is 11.7. The summed E-state index contributed by atoms with van der Waals surface area (Å²) in [7, 11) is 0. The summed E-state index contributed by atoms with van der Waals surface area (Å²) >= 11 is 0. The second-order valence-corrected chi connectivity index (χ2v) is 11.7. The number of halogens is 4. The topological polar surface area (TPSA) is 127 Å². The van der Waals surface area contributed by atoms with Crippen LogP contribution in [0.3, 0.4) is 0 Å². The molecule has 0 aliphatic heterocycles. The van der Waals surface area contributed by atoms with E-state index in [1.807, 2.05) is 13.8 Å². The lowest BCUT2D eigenvalue weighted by Crippen LogP contribution is -2.37. The van der Waals surface area contributed by atoms with Crippen molar-refractivity contribution in [1.29, 1.82) is 0 Å². The number of imidazole rings is 1. The van der Waals surface area contributed by atoms with E-state index in [9.17, 15) is 27.2 Å². The number of amides is 2. The molecule has 2 N–H and O–H groups in total. The molecule has 5 rings (SSSR count). The van der Waals surface area contributed by atoms with Crippen molar-refractivity contribution in [2.24, 2.45) is 11.8 Å². The molecule has 14 heteroatoms. The van der Waals surface area contributed by atoms with E-state index >= 15 is 0 Å². The minimum absolute atomic E-state index is 0.0241. The van der Waals surface area contributed by atoms with Crippen molar-refractivity contribution < 1.29 is 31.8 Å². The third kappa shape index (κ3) is 6.84. The molecule has 3 aromatic heterocycles. The van der Waals surface area contributed by atoms with E-state index in [0.717, 1.165) is 12.8 Å². The predicted molar refractivity (Wildman–Crippen MR) is 137 cm³/mol. The van der Waals surface area contributed by atoms with Crippen LogP contribution in [0.5, 0.6) is 0 Å². The molecule has 2 fully saturated rings. The van der Waals surface area contributed by atoms with Gasteiger partial charge in [-0.05, 0) is 61.2 Å². The van der Waals surface area contributed by atoms with Gasteiger partial charge >= 0.3 is 0 Å². The van der Waals surface area contributed by atoms with Crippen LogP contribution in [0.2, 0.25) is 0 Å². The number of fused-ring (bicyclic) bond motifs is 1. The van der Waals surface area contributed by atoms with Gasteiger partial charge in [-0.1, -0.05) is 19.0 Å². The Hall–Kier alpha value is -3.58. The molecular formula is C27H33F4N7O3. The van der Waals surface area contributed by atoms with Crippen LogP contribution in [-0.2, 0) is 4.79 Å². The van der Waals surface area contributed by atoms with Crippen molar-refractivity contribution in [3.63, 3.8) is 0 Å². The van der Waals surface area contributed by atoms with Crippen molar-refractivity contribution in [3.8, 4) is 0 Å². The van der Waals surface area contributed by atoms with Crippen molar-refractivity contribution in [1.82, 2.24) is 35.5 Å². The Balaban J connectivity index is 1.43. The minimum atomic E-state index is -3.13. The van der Waals surface area contributed by atoms with Crippen molar-refractivity contribution in [3.05, 3.63) is 41.1 Å². The Bertz CT molecular complexity index is 1400. The number of hydrogen-bond acceptors (Lipinski definition) is 7. The molecule has 2 saturated carbocycles. The Morgan fingerprint density at radius 2 is 1.78 bits per heavy atom. The van der Waals surface area contributed by atoms with Crippen LogP contribution in [0.25, 0.3) is 5.65 Å². The molecule has 0 saturated heterocycles. The van der Waals surface area contributed by atoms with Crippen LogP contribution in [0.15, 0.2) is 23.1 Å². The Kier molecular flexibility index (Phi) is 7.77. The number of carbonyl (C=O) groups excluding carboxylic acids is 2. The van der Waals surface area contributed by atoms with Gasteiger partial charge in [0.15, 0.2) is 11.3 Å². The fourth-order valence-corrected chi connectivity index (χ4v) is 5.41. The minimum Gasteiger partial charge on any atom is -0.349 e. The highest BCUT2D eigenvalue weighted by Crippen LogP contribution is 2.43. The van der Waals surface area contributed by atoms with E-state index in [1.54, 1.807) is 18.5 Å². The SMILES string of the molecule is CC(C)c1nonc1C(=O)N[C@H](c1cn2ncc(C(NC(=O)CC(C)(F)F)C3CC3)cc2n1)C1CCC(F)(F)CC1. The molecule has 2 aliphatic carbocycles. The molecule has 0 spiro atoms. The Morgan fingerprint density at radius 1 is 1.10 bits per heavy atom. The maximum atomic E-state index is 14.0. The van der Waals surface area contributed by atoms with E-state index in [-0.39, 0.29) is 49.1 Å². The van der Waals surface area contributed by atoms with Crippen LogP contribution in [0, 0.1) is 11.8 Å². The van der Waals surface area contributed by atoms with E-state index in [4.69, 9.17) is 4.63 Å². The summed E-state index contributed by atoms with van der Waals surface area (Å²) in [6, 6.07) is 0.509. The molecule has 3 aromatic rings. The Morgan fingerprint density at radius 3 is 2.41 bits per heavy atom. The van der Waals surface area contributed by atoms with E-state index in [0.29, 0.717) is 29.5 Å². The van der Waals surface area contributed by atoms with Gasteiger partial charge in [-0.2, -0.15) is 5.10 Å². The van der Waals surface area contributed by atoms with Crippen LogP contribution < -0.4 is 10.6 Å². The molecule has 3 heterocycles. The first-order chi connectivity index (χ1) is 19.3. The lowest BCUT2D eigenvalue weighted by atomic mass is 9.81. The molecule has 41 heavy (non-hydrogen) atoms. The first-order valence-electron chi connectivity index (χ1n) is 13.8. The summed E-state index contributed by atoms with van der Waals surface area (Å²) in [6.45, 7) is 4.38. The van der Waals surface area contributed by atoms with Crippen molar-refractivity contribution in [2.75, 3.05) is 0 Å². The summed E-state index contributed by atoms with van der Waals surface area (Å²) in [5.74, 6) is -7.53. The zero-order valence-corrected chi connectivity index (χ0v) is 23.0. The molecule has 2 aliphatic rings. The molecule has 10 nitrogen and oxygen atoms in total. The summed E-state index contributed by atoms with van der Waals surface area (Å²) in [4.78, 5) is 30.2. The maximum Gasteiger partial charge on any atom is 0.276 e. The monoisotopic (exact) mass is 579 g/mol. The normalized spacial score (nSPS) is 19.3. The number of nitrogens with one attached hydrogen (secondary N) is 2. The van der Waals surface area contributed by atoms with Gasteiger partial charge in [-0.15, -0.1) is 0 Å². The first kappa shape index (κ1) is 28.9. The fraction of sp³-hybridized carbons (Fsp3) is 0.630. The highest BCUT2D eigenvalue weighted by Gasteiger charge is 2.40. The number of hydrogen-bond donors (Lipinski definition) is 2. The second kappa shape index (κ2) is 11.0. The molecule has 0 bridgehead atoms. The van der Waals surface area contributed by atoms with Gasteiger partial charge < -0.3 is 10.6 Å². The highest BCUT2D eigenvalue weighted by molar-refractivity contribution is 5.93. The first-order valence-corrected chi connectivity index (χ1v) is 13.8. The standard InChI is InChI=1S/C27H33F4N7O3/c1-14(2)21-24(37-41-36-21)25(40)35-23(16-6-8-27(30,31)9-7-16)18-13-38-19(33-18)10-17(12-32-38)22(15-4-5-15)34-20(39)11-26(3,28)29/h10,12-16,22-23H,4-9,11H2,1-3H3,(H,34,39)(H,35,40)/t22?,23-/m0/s1. The highest BCUT2D eigenvalue weighted by atomic mass is 19.3. The van der Waals surface area contributed by atoms with Crippen LogP contribution in [0.4, 0.5) is 17.6 Å². The van der Waals surface area contributed by atoms with Gasteiger partial charge in [-0.25, -0.2) is 31.7 Å². The molecule has 0 radical (unpaired) electrons. The summed E-state index contributed by atoms with van der Waals surface area (Å²) in [6.07, 6.45) is 3.69. The summed E-state index contributed by atoms with van der Waals surface area (Å²) in [5.41, 5.74) is 1.86. The number of carbonyl (C=O) groups is 2. The smallest absolute Gasteiger partial charge is 0.276 e. The van der Waals surface area contributed by atoms with E-state index < -0.39 is 42.2 Å². The molecule has 1 unspecified atom stereocenters. The van der Waals surface area contributed by atoms with Gasteiger partial charge in [0, 0.05) is 18.8 Å². The van der Waals surface area contributed by atoms with E-state index in [1.165, 1.54) is 4.52 Å². The molecule has 222 valence electrons. The zero-order valence-electron chi connectivity index (χ0n) is 23.0. The average Bonchev–Trinajstić information content (AvgIpc) is 3.43. The van der Waals surface area contributed by atoms with Crippen LogP contribution in [0.1, 0.15) is 111 Å². The number of nitrogens with zero attached hydrogens (tertiary/aromatic N) is 5. The quantitative estimate of drug-likeness (QED) is 0.318. The molecule has 2 atom stereocenters. The van der Waals surface area contributed by atoms with Crippen molar-refractivity contribution in [2.45, 2.75) is 95.6 Å². The number of alkyl halides is 4. The van der Waals surface area contributed by atoms with E-state index in [2.05, 4.69) is 31.0 Å².